The number of carbonyl (C=O) groups is 2. The second kappa shape index (κ2) is 6.87. The van der Waals surface area contributed by atoms with E-state index in [0.717, 1.165) is 6.42 Å². The van der Waals surface area contributed by atoms with Gasteiger partial charge in [0.1, 0.15) is 11.6 Å². The number of hydrogen-bond acceptors (Lipinski definition) is 6. The van der Waals surface area contributed by atoms with Gasteiger partial charge in [-0.15, -0.1) is 10.3 Å². The van der Waals surface area contributed by atoms with E-state index in [1.807, 2.05) is 13.8 Å². The highest BCUT2D eigenvalue weighted by molar-refractivity contribution is 8.33. The molecule has 6 nitrogen and oxygen atoms in total. The maximum absolute atomic E-state index is 13.0. The molecule has 2 bridgehead atoms. The minimum absolute atomic E-state index is 0.0217. The lowest BCUT2D eigenvalue weighted by atomic mass is 9.70. The van der Waals surface area contributed by atoms with Crippen molar-refractivity contribution in [1.29, 1.82) is 0 Å². The number of rotatable bonds is 7. The van der Waals surface area contributed by atoms with Gasteiger partial charge in [-0.25, -0.2) is 3.63 Å². The number of fused-ring (bicyclic) bond motifs is 2. The van der Waals surface area contributed by atoms with E-state index in [2.05, 4.69) is 0 Å². The van der Waals surface area contributed by atoms with Crippen LogP contribution in [0.5, 0.6) is 0 Å². The van der Waals surface area contributed by atoms with Crippen molar-refractivity contribution in [3.63, 3.8) is 0 Å². The molecular weight excluding hydrogens is 376 g/mol. The van der Waals surface area contributed by atoms with Gasteiger partial charge in [0.15, 0.2) is 0 Å². The molecule has 0 radical (unpaired) electrons. The Kier molecular flexibility index (Phi) is 5.36. The lowest BCUT2D eigenvalue weighted by Gasteiger charge is -2.42. The molecule has 3 rings (SSSR count). The molecule has 2 saturated carbocycles. The van der Waals surface area contributed by atoms with Crippen LogP contribution in [0, 0.1) is 16.7 Å². The van der Waals surface area contributed by atoms with E-state index < -0.39 is 25.8 Å². The van der Waals surface area contributed by atoms with Crippen LogP contribution in [0.15, 0.2) is 0 Å². The molecular formula is C18H30O6S2. The molecule has 2 atom stereocenters. The van der Waals surface area contributed by atoms with Gasteiger partial charge in [0.05, 0.1) is 30.1 Å². The summed E-state index contributed by atoms with van der Waals surface area (Å²) in [5.41, 5.74) is -1.16. The number of ether oxygens (including phenoxy) is 1. The van der Waals surface area contributed by atoms with Crippen molar-refractivity contribution in [2.24, 2.45) is 16.7 Å². The fourth-order valence-electron chi connectivity index (χ4n) is 4.91. The average molecular weight is 407 g/mol. The first kappa shape index (κ1) is 20.3. The summed E-state index contributed by atoms with van der Waals surface area (Å²) in [5, 5.41) is 0. The second-order valence-corrected chi connectivity index (χ2v) is 13.4. The van der Waals surface area contributed by atoms with Gasteiger partial charge in [0.25, 0.3) is 10.1 Å². The quantitative estimate of drug-likeness (QED) is 0.645. The Morgan fingerprint density at radius 3 is 2.46 bits per heavy atom. The Morgan fingerprint density at radius 2 is 1.96 bits per heavy atom. The summed E-state index contributed by atoms with van der Waals surface area (Å²) in [6, 6.07) is 0. The molecule has 1 heterocycles. The number of carbonyl (C=O) groups excluding carboxylic acids is 2. The third-order valence-corrected chi connectivity index (χ3v) is 12.3. The van der Waals surface area contributed by atoms with Crippen LogP contribution in [0.3, 0.4) is 0 Å². The van der Waals surface area contributed by atoms with Gasteiger partial charge >= 0.3 is 0 Å². The molecule has 150 valence electrons. The van der Waals surface area contributed by atoms with Crippen LogP contribution in [0.2, 0.25) is 0 Å². The van der Waals surface area contributed by atoms with E-state index in [1.54, 1.807) is 6.92 Å². The van der Waals surface area contributed by atoms with Crippen molar-refractivity contribution in [3.05, 3.63) is 0 Å². The van der Waals surface area contributed by atoms with E-state index in [0.29, 0.717) is 44.0 Å². The molecule has 0 N–H and O–H groups in total. The molecule has 0 aromatic heterocycles. The summed E-state index contributed by atoms with van der Waals surface area (Å²) < 4.78 is 37.2. The zero-order chi connectivity index (χ0) is 19.2. The lowest BCUT2D eigenvalue weighted by Crippen LogP contribution is -2.43. The Hall–Kier alpha value is -0.440. The number of ketones is 2. The minimum Gasteiger partial charge on any atom is -0.380 e. The largest absolute Gasteiger partial charge is 0.380 e. The van der Waals surface area contributed by atoms with Gasteiger partial charge in [0.2, 0.25) is 0 Å². The lowest BCUT2D eigenvalue weighted by molar-refractivity contribution is -0.128. The van der Waals surface area contributed by atoms with E-state index in [1.165, 1.54) is 0 Å². The second-order valence-electron chi connectivity index (χ2n) is 8.46. The summed E-state index contributed by atoms with van der Waals surface area (Å²) in [4.78, 5) is 24.7. The van der Waals surface area contributed by atoms with Gasteiger partial charge in [-0.05, 0) is 24.2 Å². The highest BCUT2D eigenvalue weighted by atomic mass is 32.3. The smallest absolute Gasteiger partial charge is 0.277 e. The third-order valence-electron chi connectivity index (χ3n) is 6.83. The van der Waals surface area contributed by atoms with Crippen LogP contribution in [-0.2, 0) is 28.1 Å². The fraction of sp³-hybridized carbons (Fsp3) is 0.889. The van der Waals surface area contributed by atoms with Gasteiger partial charge in [-0.2, -0.15) is 8.42 Å². The molecule has 2 unspecified atom stereocenters. The predicted octanol–water partition coefficient (Wildman–Crippen LogP) is 2.46. The molecule has 0 spiro atoms. The molecule has 0 aromatic rings. The molecule has 3 fully saturated rings. The van der Waals surface area contributed by atoms with Crippen molar-refractivity contribution in [2.45, 2.75) is 46.5 Å². The summed E-state index contributed by atoms with van der Waals surface area (Å²) >= 11 is 0. The summed E-state index contributed by atoms with van der Waals surface area (Å²) in [7, 11) is -5.97. The zero-order valence-electron chi connectivity index (χ0n) is 15.9. The van der Waals surface area contributed by atoms with Crippen molar-refractivity contribution in [1.82, 2.24) is 0 Å². The van der Waals surface area contributed by atoms with E-state index in [4.69, 9.17) is 8.37 Å². The van der Waals surface area contributed by atoms with Crippen LogP contribution >= 0.6 is 10.3 Å². The average Bonchev–Trinajstić information content (AvgIpc) is 2.88. The van der Waals surface area contributed by atoms with E-state index in [9.17, 15) is 18.0 Å². The Bertz CT molecular complexity index is 692. The van der Waals surface area contributed by atoms with Gasteiger partial charge < -0.3 is 4.74 Å². The van der Waals surface area contributed by atoms with Crippen molar-refractivity contribution < 1.29 is 26.4 Å². The van der Waals surface area contributed by atoms with Crippen LogP contribution in [0.25, 0.3) is 0 Å². The molecule has 0 amide bonds. The Labute approximate surface area is 158 Å². The predicted molar refractivity (Wildman–Crippen MR) is 102 cm³/mol. The maximum atomic E-state index is 13.0. The van der Waals surface area contributed by atoms with E-state index in [-0.39, 0.29) is 34.4 Å². The summed E-state index contributed by atoms with van der Waals surface area (Å²) in [5.74, 6) is 1.18. The third kappa shape index (κ3) is 3.38. The maximum Gasteiger partial charge on any atom is 0.277 e. The molecule has 1 saturated heterocycles. The summed E-state index contributed by atoms with van der Waals surface area (Å²) in [6.07, 6.45) is 2.36. The number of hydrogen-bond donors (Lipinski definition) is 0. The summed E-state index contributed by atoms with van der Waals surface area (Å²) in [6.45, 7) is 6.64. The van der Waals surface area contributed by atoms with Crippen LogP contribution in [0.4, 0.5) is 0 Å². The molecule has 0 aromatic carbocycles. The minimum atomic E-state index is -3.92. The first-order valence-corrected chi connectivity index (χ1v) is 13.0. The number of Topliss-reactive ketones (excluding diaryl/α,β-unsaturated/α-hetero) is 2. The zero-order valence-corrected chi connectivity index (χ0v) is 17.5. The molecule has 26 heavy (non-hydrogen) atoms. The van der Waals surface area contributed by atoms with Crippen LogP contribution in [-0.4, -0.2) is 56.2 Å². The first-order valence-electron chi connectivity index (χ1n) is 9.39. The van der Waals surface area contributed by atoms with Crippen LogP contribution in [0.1, 0.15) is 46.5 Å². The molecule has 2 aliphatic carbocycles. The fourth-order valence-corrected chi connectivity index (χ4v) is 11.0. The van der Waals surface area contributed by atoms with Gasteiger partial charge in [-0.1, -0.05) is 20.8 Å². The van der Waals surface area contributed by atoms with Crippen molar-refractivity contribution >= 4 is 32.0 Å². The van der Waals surface area contributed by atoms with E-state index >= 15 is 0 Å². The SMILES string of the molecule is CCC(=O)CS1(OS(=O)(=O)CC23CCC(CC2=O)C3(C)C)CCOCC1. The monoisotopic (exact) mass is 406 g/mol. The molecule has 3 aliphatic rings. The molecule has 8 heteroatoms. The Morgan fingerprint density at radius 1 is 1.31 bits per heavy atom. The van der Waals surface area contributed by atoms with Gasteiger partial charge in [0, 0.05) is 24.3 Å². The van der Waals surface area contributed by atoms with Gasteiger partial charge in [-0.3, -0.25) is 9.59 Å². The normalized spacial score (nSPS) is 34.0. The highest BCUT2D eigenvalue weighted by Gasteiger charge is 2.65. The van der Waals surface area contributed by atoms with Crippen molar-refractivity contribution in [2.75, 3.05) is 36.2 Å². The molecule has 1 aliphatic heterocycles. The van der Waals surface area contributed by atoms with Crippen molar-refractivity contribution in [3.8, 4) is 0 Å². The van der Waals surface area contributed by atoms with Crippen LogP contribution < -0.4 is 0 Å². The Balaban J connectivity index is 1.83. The highest BCUT2D eigenvalue weighted by Crippen LogP contribution is 2.65. The topological polar surface area (TPSA) is 86.7 Å². The first-order chi connectivity index (χ1) is 12.1. The standard InChI is InChI=1S/C18H30O6S2/c1-4-15(19)12-25(9-7-23-8-10-25)24-26(21,22)13-18-6-5-14(11-16(18)20)17(18,2)3/h14H,4-13H2,1-3H3.